The van der Waals surface area contributed by atoms with Crippen LogP contribution in [0.15, 0.2) is 23.2 Å². The first-order valence-electron chi connectivity index (χ1n) is 7.15. The predicted molar refractivity (Wildman–Crippen MR) is 83.9 cm³/mol. The summed E-state index contributed by atoms with van der Waals surface area (Å²) in [6, 6.07) is 3.15. The maximum Gasteiger partial charge on any atom is 0.244 e. The molecule has 0 saturated heterocycles. The zero-order chi connectivity index (χ0) is 15.9. The average Bonchev–Trinajstić information content (AvgIpc) is 2.43. The summed E-state index contributed by atoms with van der Waals surface area (Å²) in [6.07, 6.45) is 2.46. The number of ether oxygens (including phenoxy) is 1. The first kappa shape index (κ1) is 17.9. The summed E-state index contributed by atoms with van der Waals surface area (Å²) in [5.74, 6) is 0.376. The van der Waals surface area contributed by atoms with Crippen LogP contribution in [0.2, 0.25) is 0 Å². The van der Waals surface area contributed by atoms with Gasteiger partial charge in [-0.3, -0.25) is 0 Å². The third-order valence-corrected chi connectivity index (χ3v) is 4.26. The standard InChI is InChI=1S/C14H25N3O3S/c1-5-9-15-13-12(8-7-10-16-13)21(18,19)17-11-14(3,4)20-6-2/h7-8,10,17H,5-6,9,11H2,1-4H3,(H,15,16). The Balaban J connectivity index is 2.88. The van der Waals surface area contributed by atoms with E-state index in [4.69, 9.17) is 4.74 Å². The molecule has 21 heavy (non-hydrogen) atoms. The highest BCUT2D eigenvalue weighted by Gasteiger charge is 2.24. The SMILES string of the molecule is CCCNc1ncccc1S(=O)(=O)NCC(C)(C)OCC. The van der Waals surface area contributed by atoms with Crippen molar-refractivity contribution < 1.29 is 13.2 Å². The van der Waals surface area contributed by atoms with E-state index in [0.29, 0.717) is 19.0 Å². The van der Waals surface area contributed by atoms with Gasteiger partial charge < -0.3 is 10.1 Å². The van der Waals surface area contributed by atoms with Gasteiger partial charge in [-0.25, -0.2) is 18.1 Å². The number of sulfonamides is 1. The fraction of sp³-hybridized carbons (Fsp3) is 0.643. The lowest BCUT2D eigenvalue weighted by molar-refractivity contribution is -0.00515. The third kappa shape index (κ3) is 5.61. The van der Waals surface area contributed by atoms with Crippen LogP contribution in [0.3, 0.4) is 0 Å². The Labute approximate surface area is 127 Å². The molecule has 1 heterocycles. The number of aromatic nitrogens is 1. The highest BCUT2D eigenvalue weighted by Crippen LogP contribution is 2.18. The van der Waals surface area contributed by atoms with Gasteiger partial charge in [0.15, 0.2) is 0 Å². The average molecular weight is 315 g/mol. The lowest BCUT2D eigenvalue weighted by Crippen LogP contribution is -2.40. The molecule has 0 aromatic carbocycles. The van der Waals surface area contributed by atoms with Gasteiger partial charge in [-0.1, -0.05) is 6.92 Å². The lowest BCUT2D eigenvalue weighted by Gasteiger charge is -2.25. The van der Waals surface area contributed by atoms with Crippen molar-refractivity contribution in [2.45, 2.75) is 44.6 Å². The molecular formula is C14H25N3O3S. The zero-order valence-corrected chi connectivity index (χ0v) is 14.0. The van der Waals surface area contributed by atoms with E-state index in [-0.39, 0.29) is 11.4 Å². The van der Waals surface area contributed by atoms with Crippen molar-refractivity contribution in [1.29, 1.82) is 0 Å². The first-order chi connectivity index (χ1) is 9.82. The molecule has 0 saturated carbocycles. The molecule has 2 N–H and O–H groups in total. The molecule has 7 heteroatoms. The van der Waals surface area contributed by atoms with Crippen LogP contribution in [0.4, 0.5) is 5.82 Å². The Morgan fingerprint density at radius 2 is 2.05 bits per heavy atom. The van der Waals surface area contributed by atoms with Crippen molar-refractivity contribution in [3.8, 4) is 0 Å². The number of rotatable bonds is 9. The highest BCUT2D eigenvalue weighted by molar-refractivity contribution is 7.89. The van der Waals surface area contributed by atoms with Crippen LogP contribution in [0.25, 0.3) is 0 Å². The van der Waals surface area contributed by atoms with E-state index in [1.54, 1.807) is 18.3 Å². The maximum absolute atomic E-state index is 12.4. The fourth-order valence-corrected chi connectivity index (χ4v) is 3.10. The molecular weight excluding hydrogens is 290 g/mol. The van der Waals surface area contributed by atoms with E-state index in [0.717, 1.165) is 6.42 Å². The molecule has 0 unspecified atom stereocenters. The topological polar surface area (TPSA) is 80.3 Å². The highest BCUT2D eigenvalue weighted by atomic mass is 32.2. The van der Waals surface area contributed by atoms with Gasteiger partial charge in [0.2, 0.25) is 10.0 Å². The summed E-state index contributed by atoms with van der Waals surface area (Å²) in [5, 5.41) is 3.03. The minimum absolute atomic E-state index is 0.158. The molecule has 0 aliphatic rings. The molecule has 1 rings (SSSR count). The second kappa shape index (κ2) is 7.72. The number of nitrogens with one attached hydrogen (secondary N) is 2. The van der Waals surface area contributed by atoms with E-state index >= 15 is 0 Å². The quantitative estimate of drug-likeness (QED) is 0.728. The molecule has 0 aliphatic carbocycles. The van der Waals surface area contributed by atoms with Crippen LogP contribution in [-0.4, -0.2) is 38.7 Å². The fourth-order valence-electron chi connectivity index (χ4n) is 1.77. The summed E-state index contributed by atoms with van der Waals surface area (Å²) in [6.45, 7) is 8.98. The summed E-state index contributed by atoms with van der Waals surface area (Å²) >= 11 is 0. The van der Waals surface area contributed by atoms with Gasteiger partial charge in [-0.15, -0.1) is 0 Å². The van der Waals surface area contributed by atoms with Crippen LogP contribution in [0.1, 0.15) is 34.1 Å². The van der Waals surface area contributed by atoms with E-state index < -0.39 is 15.6 Å². The van der Waals surface area contributed by atoms with Crippen LogP contribution < -0.4 is 10.0 Å². The van der Waals surface area contributed by atoms with Crippen molar-refractivity contribution in [3.63, 3.8) is 0 Å². The molecule has 1 aromatic rings. The number of anilines is 1. The summed E-state index contributed by atoms with van der Waals surface area (Å²) in [4.78, 5) is 4.26. The Kier molecular flexibility index (Phi) is 6.57. The van der Waals surface area contributed by atoms with Crippen molar-refractivity contribution >= 4 is 15.8 Å². The zero-order valence-electron chi connectivity index (χ0n) is 13.1. The number of pyridine rings is 1. The minimum atomic E-state index is -3.63. The van der Waals surface area contributed by atoms with Gasteiger partial charge in [0.25, 0.3) is 0 Å². The van der Waals surface area contributed by atoms with Crippen molar-refractivity contribution in [2.24, 2.45) is 0 Å². The normalized spacial score (nSPS) is 12.4. The molecule has 0 radical (unpaired) electrons. The second-order valence-corrected chi connectivity index (χ2v) is 7.03. The second-order valence-electron chi connectivity index (χ2n) is 5.29. The van der Waals surface area contributed by atoms with Crippen molar-refractivity contribution in [3.05, 3.63) is 18.3 Å². The van der Waals surface area contributed by atoms with E-state index in [9.17, 15) is 8.42 Å². The van der Waals surface area contributed by atoms with E-state index in [1.807, 2.05) is 27.7 Å². The monoisotopic (exact) mass is 315 g/mol. The van der Waals surface area contributed by atoms with Crippen LogP contribution in [0, 0.1) is 0 Å². The molecule has 1 aromatic heterocycles. The minimum Gasteiger partial charge on any atom is -0.375 e. The molecule has 0 bridgehead atoms. The van der Waals surface area contributed by atoms with Gasteiger partial charge >= 0.3 is 0 Å². The van der Waals surface area contributed by atoms with Crippen molar-refractivity contribution in [2.75, 3.05) is 25.0 Å². The molecule has 6 nitrogen and oxygen atoms in total. The lowest BCUT2D eigenvalue weighted by atomic mass is 10.1. The van der Waals surface area contributed by atoms with Crippen LogP contribution in [-0.2, 0) is 14.8 Å². The molecule has 0 aliphatic heterocycles. The summed E-state index contributed by atoms with van der Waals surface area (Å²) in [5.41, 5.74) is -0.555. The first-order valence-corrected chi connectivity index (χ1v) is 8.63. The molecule has 120 valence electrons. The van der Waals surface area contributed by atoms with Crippen molar-refractivity contribution in [1.82, 2.24) is 9.71 Å². The van der Waals surface area contributed by atoms with E-state index in [1.165, 1.54) is 0 Å². The Morgan fingerprint density at radius 1 is 1.33 bits per heavy atom. The predicted octanol–water partition coefficient (Wildman–Crippen LogP) is 2.00. The Hall–Kier alpha value is -1.18. The Morgan fingerprint density at radius 3 is 2.67 bits per heavy atom. The van der Waals surface area contributed by atoms with Gasteiger partial charge in [0, 0.05) is 25.9 Å². The van der Waals surface area contributed by atoms with Crippen LogP contribution >= 0.6 is 0 Å². The number of nitrogens with zero attached hydrogens (tertiary/aromatic N) is 1. The van der Waals surface area contributed by atoms with Gasteiger partial charge in [-0.05, 0) is 39.3 Å². The smallest absolute Gasteiger partial charge is 0.244 e. The largest absolute Gasteiger partial charge is 0.375 e. The maximum atomic E-state index is 12.4. The van der Waals surface area contributed by atoms with Gasteiger partial charge in [0.05, 0.1) is 5.60 Å². The summed E-state index contributed by atoms with van der Waals surface area (Å²) in [7, 11) is -3.63. The van der Waals surface area contributed by atoms with Crippen LogP contribution in [0.5, 0.6) is 0 Å². The van der Waals surface area contributed by atoms with Gasteiger partial charge in [-0.2, -0.15) is 0 Å². The van der Waals surface area contributed by atoms with Gasteiger partial charge in [0.1, 0.15) is 10.7 Å². The van der Waals surface area contributed by atoms with E-state index in [2.05, 4.69) is 15.0 Å². The number of hydrogen-bond donors (Lipinski definition) is 2. The number of hydrogen-bond acceptors (Lipinski definition) is 5. The third-order valence-electron chi connectivity index (χ3n) is 2.83. The summed E-state index contributed by atoms with van der Waals surface area (Å²) < 4.78 is 32.9. The molecule has 0 amide bonds. The molecule has 0 atom stereocenters. The molecule has 0 spiro atoms. The Bertz CT molecular complexity index is 544. The molecule has 0 fully saturated rings.